The van der Waals surface area contributed by atoms with Crippen LogP contribution in [0.2, 0.25) is 0 Å². The van der Waals surface area contributed by atoms with Crippen molar-refractivity contribution in [3.63, 3.8) is 0 Å². The molecule has 224 valence electrons. The molecule has 2 aromatic carbocycles. The van der Waals surface area contributed by atoms with Crippen molar-refractivity contribution in [3.05, 3.63) is 82.8 Å². The zero-order valence-electron chi connectivity index (χ0n) is 23.7. The normalized spacial score (nSPS) is 14.1. The van der Waals surface area contributed by atoms with Crippen LogP contribution in [0.5, 0.6) is 11.5 Å². The molecule has 12 heteroatoms. The van der Waals surface area contributed by atoms with E-state index in [0.29, 0.717) is 28.3 Å². The highest BCUT2D eigenvalue weighted by atomic mass is 19.4. The Hall–Kier alpha value is -4.29. The molecule has 9 nitrogen and oxygen atoms in total. The van der Waals surface area contributed by atoms with E-state index in [1.54, 1.807) is 31.3 Å². The second-order valence-electron chi connectivity index (χ2n) is 10.1. The van der Waals surface area contributed by atoms with Crippen molar-refractivity contribution in [2.45, 2.75) is 51.4 Å². The van der Waals surface area contributed by atoms with Crippen molar-refractivity contribution in [1.82, 2.24) is 10.3 Å². The number of halogens is 3. The minimum atomic E-state index is -4.62. The summed E-state index contributed by atoms with van der Waals surface area (Å²) in [5, 5.41) is 7.19. The molecule has 0 radical (unpaired) electrons. The Balaban J connectivity index is 1.61. The van der Waals surface area contributed by atoms with E-state index in [0.717, 1.165) is 43.4 Å². The molecular weight excluding hydrogens is 549 g/mol. The first-order chi connectivity index (χ1) is 20.0. The first-order valence-electron chi connectivity index (χ1n) is 13.4. The molecule has 0 unspecified atom stereocenters. The topological polar surface area (TPSA) is 128 Å². The number of hydrazine groups is 1. The van der Waals surface area contributed by atoms with E-state index in [1.165, 1.54) is 37.7 Å². The molecule has 1 heterocycles. The van der Waals surface area contributed by atoms with Gasteiger partial charge in [0.25, 0.3) is 5.91 Å². The number of methoxy groups -OCH3 is 2. The molecule has 0 saturated heterocycles. The lowest BCUT2D eigenvalue weighted by Gasteiger charge is -2.21. The van der Waals surface area contributed by atoms with E-state index in [-0.39, 0.29) is 29.6 Å². The fourth-order valence-corrected chi connectivity index (χ4v) is 4.91. The fourth-order valence-electron chi connectivity index (χ4n) is 4.91. The number of hydrogen-bond donors (Lipinski definition) is 4. The summed E-state index contributed by atoms with van der Waals surface area (Å²) in [6.07, 6.45) is 4.05. The van der Waals surface area contributed by atoms with Gasteiger partial charge in [0, 0.05) is 41.7 Å². The van der Waals surface area contributed by atoms with Crippen LogP contribution in [-0.4, -0.2) is 31.2 Å². The molecule has 0 aliphatic heterocycles. The summed E-state index contributed by atoms with van der Waals surface area (Å²) < 4.78 is 52.1. The first-order valence-corrected chi connectivity index (χ1v) is 13.4. The van der Waals surface area contributed by atoms with Crippen LogP contribution in [0.15, 0.2) is 55.0 Å². The molecule has 3 aromatic rings. The number of amides is 1. The number of nitrogens with zero attached hydrogens (tertiary/aromatic N) is 2. The Morgan fingerprint density at radius 1 is 1.10 bits per heavy atom. The molecule has 4 rings (SSSR count). The quantitative estimate of drug-likeness (QED) is 0.186. The molecule has 0 bridgehead atoms. The van der Waals surface area contributed by atoms with Crippen LogP contribution in [0, 0.1) is 6.92 Å². The summed E-state index contributed by atoms with van der Waals surface area (Å²) in [6, 6.07) is 8.64. The molecule has 42 heavy (non-hydrogen) atoms. The van der Waals surface area contributed by atoms with E-state index in [1.807, 2.05) is 0 Å². The number of rotatable bonds is 10. The van der Waals surface area contributed by atoms with Gasteiger partial charge in [-0.2, -0.15) is 13.2 Å². The van der Waals surface area contributed by atoms with Crippen molar-refractivity contribution in [2.75, 3.05) is 24.5 Å². The Kier molecular flexibility index (Phi) is 9.59. The highest BCUT2D eigenvalue weighted by Gasteiger charge is 2.33. The molecule has 1 amide bonds. The largest absolute Gasteiger partial charge is 0.495 e. The number of nitrogens with two attached hydrogens (primary N) is 2. The minimum absolute atomic E-state index is 0.0815. The summed E-state index contributed by atoms with van der Waals surface area (Å²) in [4.78, 5) is 17.4. The molecule has 0 atom stereocenters. The number of ether oxygens (including phenoxy) is 2. The van der Waals surface area contributed by atoms with E-state index in [9.17, 15) is 18.0 Å². The van der Waals surface area contributed by atoms with Gasteiger partial charge in [0.15, 0.2) is 0 Å². The van der Waals surface area contributed by atoms with Crippen LogP contribution in [0.25, 0.3) is 5.70 Å². The number of benzene rings is 2. The van der Waals surface area contributed by atoms with Gasteiger partial charge in [-0.25, -0.2) is 5.84 Å². The van der Waals surface area contributed by atoms with Crippen molar-refractivity contribution in [2.24, 2.45) is 11.6 Å². The van der Waals surface area contributed by atoms with Gasteiger partial charge in [0.1, 0.15) is 11.5 Å². The number of carbonyl (C=O) groups excluding carboxylic acids is 1. The maximum Gasteiger partial charge on any atom is 0.416 e. The number of aryl methyl sites for hydroxylation is 1. The number of carbonyl (C=O) groups is 1. The summed E-state index contributed by atoms with van der Waals surface area (Å²) >= 11 is 0. The Morgan fingerprint density at radius 3 is 2.50 bits per heavy atom. The Labute approximate surface area is 242 Å². The standard InChI is InChI=1S/C30H35F3N6O3/c1-18-8-9-19(12-27(18)39(35)17-25(34)20-11-24(41-2)16-36-14-20)29(40)38-26-13-22(30(31,32)33)10-21(28(26)42-3)15-37-23-6-4-5-7-23/h8-14,16-17,23,37H,4-7,15,34-35H2,1-3H3,(H,38,40)/b25-17-. The lowest BCUT2D eigenvalue weighted by molar-refractivity contribution is -0.137. The SMILES string of the molecule is COc1cncc(/C(N)=C/N(N)c2cc(C(=O)Nc3cc(C(F)(F)F)cc(CNC4CCCC4)c3OC)ccc2C)c1. The Morgan fingerprint density at radius 2 is 1.83 bits per heavy atom. The average molecular weight is 585 g/mol. The lowest BCUT2D eigenvalue weighted by Crippen LogP contribution is -2.27. The highest BCUT2D eigenvalue weighted by molar-refractivity contribution is 6.06. The number of hydrogen-bond acceptors (Lipinski definition) is 8. The second kappa shape index (κ2) is 13.1. The van der Waals surface area contributed by atoms with Crippen LogP contribution in [-0.2, 0) is 12.7 Å². The van der Waals surface area contributed by atoms with E-state index in [2.05, 4.69) is 15.6 Å². The van der Waals surface area contributed by atoms with Crippen LogP contribution in [0.4, 0.5) is 24.5 Å². The number of anilines is 2. The second-order valence-corrected chi connectivity index (χ2v) is 10.1. The van der Waals surface area contributed by atoms with Gasteiger partial charge in [-0.05, 0) is 55.7 Å². The predicted molar refractivity (Wildman–Crippen MR) is 156 cm³/mol. The van der Waals surface area contributed by atoms with Crippen LogP contribution >= 0.6 is 0 Å². The third-order valence-corrected chi connectivity index (χ3v) is 7.19. The molecule has 1 fully saturated rings. The van der Waals surface area contributed by atoms with Crippen LogP contribution < -0.4 is 36.7 Å². The van der Waals surface area contributed by atoms with Gasteiger partial charge in [-0.1, -0.05) is 18.9 Å². The van der Waals surface area contributed by atoms with Gasteiger partial charge >= 0.3 is 6.18 Å². The summed E-state index contributed by atoms with van der Waals surface area (Å²) in [5.74, 6) is 6.34. The summed E-state index contributed by atoms with van der Waals surface area (Å²) in [7, 11) is 2.88. The monoisotopic (exact) mass is 584 g/mol. The maximum absolute atomic E-state index is 13.8. The van der Waals surface area contributed by atoms with E-state index >= 15 is 0 Å². The zero-order valence-corrected chi connectivity index (χ0v) is 23.7. The number of pyridine rings is 1. The molecule has 0 spiro atoms. The van der Waals surface area contributed by atoms with E-state index < -0.39 is 17.6 Å². The third-order valence-electron chi connectivity index (χ3n) is 7.19. The third kappa shape index (κ3) is 7.31. The smallest absolute Gasteiger partial charge is 0.416 e. The van der Waals surface area contributed by atoms with E-state index in [4.69, 9.17) is 21.1 Å². The van der Waals surface area contributed by atoms with Crippen LogP contribution in [0.1, 0.15) is 58.3 Å². The fraction of sp³-hybridized carbons (Fsp3) is 0.333. The number of nitrogens with one attached hydrogen (secondary N) is 2. The Bertz CT molecular complexity index is 1450. The molecule has 1 aliphatic carbocycles. The van der Waals surface area contributed by atoms with Crippen molar-refractivity contribution >= 4 is 23.0 Å². The molecule has 6 N–H and O–H groups in total. The average Bonchev–Trinajstić information content (AvgIpc) is 3.49. The molecule has 1 aliphatic rings. The molecular formula is C30H35F3N6O3. The highest BCUT2D eigenvalue weighted by Crippen LogP contribution is 2.38. The minimum Gasteiger partial charge on any atom is -0.495 e. The number of aromatic nitrogens is 1. The van der Waals surface area contributed by atoms with Crippen molar-refractivity contribution in [1.29, 1.82) is 0 Å². The van der Waals surface area contributed by atoms with Crippen LogP contribution in [0.3, 0.4) is 0 Å². The van der Waals surface area contributed by atoms with Gasteiger partial charge in [-0.3, -0.25) is 14.8 Å². The van der Waals surface area contributed by atoms with Gasteiger partial charge < -0.3 is 25.8 Å². The van der Waals surface area contributed by atoms with Gasteiger partial charge in [-0.15, -0.1) is 0 Å². The zero-order chi connectivity index (χ0) is 30.4. The number of alkyl halides is 3. The van der Waals surface area contributed by atoms with Gasteiger partial charge in [0.05, 0.1) is 43.1 Å². The predicted octanol–water partition coefficient (Wildman–Crippen LogP) is 5.35. The lowest BCUT2D eigenvalue weighted by atomic mass is 10.0. The maximum atomic E-state index is 13.8. The molecule has 1 aromatic heterocycles. The van der Waals surface area contributed by atoms with Crippen molar-refractivity contribution in [3.8, 4) is 11.5 Å². The first kappa shape index (κ1) is 30.7. The summed E-state index contributed by atoms with van der Waals surface area (Å²) in [5.41, 5.74) is 7.80. The van der Waals surface area contributed by atoms with Crippen molar-refractivity contribution < 1.29 is 27.4 Å². The van der Waals surface area contributed by atoms with Gasteiger partial charge in [0.2, 0.25) is 0 Å². The summed E-state index contributed by atoms with van der Waals surface area (Å²) in [6.45, 7) is 1.97. The molecule has 1 saturated carbocycles.